The Labute approximate surface area is 155 Å². The number of carbonyl (C=O) groups is 2. The van der Waals surface area contributed by atoms with Gasteiger partial charge in [-0.3, -0.25) is 9.59 Å². The molecule has 0 radical (unpaired) electrons. The van der Waals surface area contributed by atoms with Gasteiger partial charge in [0.05, 0.1) is 12.8 Å². The van der Waals surface area contributed by atoms with Crippen LogP contribution in [0, 0.1) is 5.82 Å². The molecule has 2 N–H and O–H groups in total. The van der Waals surface area contributed by atoms with E-state index in [4.69, 9.17) is 4.74 Å². The molecule has 0 aliphatic rings. The molecule has 0 fully saturated rings. The minimum atomic E-state index is -0.530. The van der Waals surface area contributed by atoms with Crippen molar-refractivity contribution in [2.45, 2.75) is 0 Å². The van der Waals surface area contributed by atoms with Gasteiger partial charge in [-0.25, -0.2) is 4.39 Å². The number of ether oxygens (including phenoxy) is 1. The average molecular weight is 364 g/mol. The Morgan fingerprint density at radius 3 is 2.19 bits per heavy atom. The molecule has 3 aromatic carbocycles. The first-order valence-electron chi connectivity index (χ1n) is 8.18. The third-order valence-corrected chi connectivity index (χ3v) is 3.84. The maximum atomic E-state index is 13.7. The van der Waals surface area contributed by atoms with Gasteiger partial charge in [0.2, 0.25) is 0 Å². The van der Waals surface area contributed by atoms with Gasteiger partial charge in [0, 0.05) is 22.9 Å². The van der Waals surface area contributed by atoms with Crippen LogP contribution in [0.25, 0.3) is 0 Å². The maximum absolute atomic E-state index is 13.7. The number of amides is 2. The Bertz CT molecular complexity index is 988. The van der Waals surface area contributed by atoms with Crippen molar-refractivity contribution in [2.24, 2.45) is 0 Å². The summed E-state index contributed by atoms with van der Waals surface area (Å²) in [4.78, 5) is 24.8. The SMILES string of the molecule is COc1cccc(NC(=O)c2cccc(C(=O)Nc3ccccc3F)c2)c1. The zero-order valence-corrected chi connectivity index (χ0v) is 14.5. The van der Waals surface area contributed by atoms with Crippen molar-refractivity contribution in [2.75, 3.05) is 17.7 Å². The molecule has 5 nitrogen and oxygen atoms in total. The summed E-state index contributed by atoms with van der Waals surface area (Å²) in [5.74, 6) is -0.788. The summed E-state index contributed by atoms with van der Waals surface area (Å²) in [6.07, 6.45) is 0. The first-order valence-corrected chi connectivity index (χ1v) is 8.18. The summed E-state index contributed by atoms with van der Waals surface area (Å²) in [5.41, 5.74) is 1.20. The van der Waals surface area contributed by atoms with Crippen LogP contribution in [0.3, 0.4) is 0 Å². The van der Waals surface area contributed by atoms with Crippen LogP contribution >= 0.6 is 0 Å². The number of hydrogen-bond acceptors (Lipinski definition) is 3. The average Bonchev–Trinajstić information content (AvgIpc) is 2.70. The Balaban J connectivity index is 1.75. The van der Waals surface area contributed by atoms with Crippen LogP contribution in [0.15, 0.2) is 72.8 Å². The molecule has 0 saturated carbocycles. The van der Waals surface area contributed by atoms with Gasteiger partial charge in [-0.2, -0.15) is 0 Å². The Morgan fingerprint density at radius 2 is 1.48 bits per heavy atom. The van der Waals surface area contributed by atoms with Gasteiger partial charge >= 0.3 is 0 Å². The molecular weight excluding hydrogens is 347 g/mol. The maximum Gasteiger partial charge on any atom is 0.255 e. The van der Waals surface area contributed by atoms with Crippen LogP contribution < -0.4 is 15.4 Å². The van der Waals surface area contributed by atoms with Gasteiger partial charge in [-0.1, -0.05) is 24.3 Å². The van der Waals surface area contributed by atoms with E-state index in [-0.39, 0.29) is 17.2 Å². The molecule has 136 valence electrons. The summed E-state index contributed by atoms with van der Waals surface area (Å²) < 4.78 is 18.8. The molecule has 0 aliphatic carbocycles. The molecule has 0 heterocycles. The topological polar surface area (TPSA) is 67.4 Å². The van der Waals surface area contributed by atoms with Gasteiger partial charge in [-0.15, -0.1) is 0 Å². The second kappa shape index (κ2) is 8.14. The van der Waals surface area contributed by atoms with Crippen LogP contribution in [0.2, 0.25) is 0 Å². The summed E-state index contributed by atoms with van der Waals surface area (Å²) in [6.45, 7) is 0. The molecule has 0 spiro atoms. The molecule has 0 aromatic heterocycles. The lowest BCUT2D eigenvalue weighted by Crippen LogP contribution is -2.16. The molecule has 0 atom stereocenters. The normalized spacial score (nSPS) is 10.1. The lowest BCUT2D eigenvalue weighted by molar-refractivity contribution is 0.102. The van der Waals surface area contributed by atoms with Crippen molar-refractivity contribution in [3.63, 3.8) is 0 Å². The Kier molecular flexibility index (Phi) is 5.47. The molecule has 6 heteroatoms. The number of anilines is 2. The molecule has 0 unspecified atom stereocenters. The molecule has 27 heavy (non-hydrogen) atoms. The number of rotatable bonds is 5. The van der Waals surface area contributed by atoms with Gasteiger partial charge < -0.3 is 15.4 Å². The zero-order chi connectivity index (χ0) is 19.2. The van der Waals surface area contributed by atoms with Gasteiger partial charge in [0.25, 0.3) is 11.8 Å². The first-order chi connectivity index (χ1) is 13.1. The quantitative estimate of drug-likeness (QED) is 0.708. The third-order valence-electron chi connectivity index (χ3n) is 3.84. The summed E-state index contributed by atoms with van der Waals surface area (Å²) >= 11 is 0. The predicted molar refractivity (Wildman–Crippen MR) is 102 cm³/mol. The van der Waals surface area contributed by atoms with E-state index < -0.39 is 11.7 Å². The number of benzene rings is 3. The standard InChI is InChI=1S/C21H17FN2O3/c1-27-17-9-5-8-16(13-17)23-20(25)14-6-4-7-15(12-14)21(26)24-19-11-3-2-10-18(19)22/h2-13H,1H3,(H,23,25)(H,24,26). The Hall–Kier alpha value is -3.67. The second-order valence-electron chi connectivity index (χ2n) is 5.70. The fourth-order valence-electron chi connectivity index (χ4n) is 2.46. The van der Waals surface area contributed by atoms with Crippen LogP contribution in [-0.4, -0.2) is 18.9 Å². The molecule has 3 rings (SSSR count). The molecule has 3 aromatic rings. The van der Waals surface area contributed by atoms with Crippen molar-refractivity contribution in [3.8, 4) is 5.75 Å². The van der Waals surface area contributed by atoms with Crippen molar-refractivity contribution < 1.29 is 18.7 Å². The monoisotopic (exact) mass is 364 g/mol. The van der Waals surface area contributed by atoms with Crippen molar-refractivity contribution >= 4 is 23.2 Å². The minimum Gasteiger partial charge on any atom is -0.497 e. The van der Waals surface area contributed by atoms with E-state index >= 15 is 0 Å². The van der Waals surface area contributed by atoms with E-state index in [0.29, 0.717) is 17.0 Å². The number of halogens is 1. The van der Waals surface area contributed by atoms with Crippen molar-refractivity contribution in [3.05, 3.63) is 89.7 Å². The fraction of sp³-hybridized carbons (Fsp3) is 0.0476. The number of carbonyl (C=O) groups excluding carboxylic acids is 2. The predicted octanol–water partition coefficient (Wildman–Crippen LogP) is 4.34. The summed E-state index contributed by atoms with van der Waals surface area (Å²) in [7, 11) is 1.54. The fourth-order valence-corrected chi connectivity index (χ4v) is 2.46. The van der Waals surface area contributed by atoms with Gasteiger partial charge in [0.15, 0.2) is 0 Å². The lowest BCUT2D eigenvalue weighted by atomic mass is 10.1. The van der Waals surface area contributed by atoms with Crippen molar-refractivity contribution in [1.29, 1.82) is 0 Å². The minimum absolute atomic E-state index is 0.0775. The van der Waals surface area contributed by atoms with E-state index in [1.54, 1.807) is 55.6 Å². The van der Waals surface area contributed by atoms with E-state index in [1.807, 2.05) is 0 Å². The molecule has 0 aliphatic heterocycles. The van der Waals surface area contributed by atoms with E-state index in [1.165, 1.54) is 24.3 Å². The number of para-hydroxylation sites is 1. The zero-order valence-electron chi connectivity index (χ0n) is 14.5. The van der Waals surface area contributed by atoms with Crippen LogP contribution in [0.1, 0.15) is 20.7 Å². The highest BCUT2D eigenvalue weighted by molar-refractivity contribution is 6.08. The van der Waals surface area contributed by atoms with Crippen LogP contribution in [0.4, 0.5) is 15.8 Å². The van der Waals surface area contributed by atoms with E-state index in [9.17, 15) is 14.0 Å². The largest absolute Gasteiger partial charge is 0.497 e. The summed E-state index contributed by atoms with van der Waals surface area (Å²) in [5, 5.41) is 5.24. The highest BCUT2D eigenvalue weighted by atomic mass is 19.1. The second-order valence-corrected chi connectivity index (χ2v) is 5.70. The van der Waals surface area contributed by atoms with Crippen molar-refractivity contribution in [1.82, 2.24) is 0 Å². The third kappa shape index (κ3) is 4.49. The molecule has 0 bridgehead atoms. The number of hydrogen-bond donors (Lipinski definition) is 2. The van der Waals surface area contributed by atoms with Crippen LogP contribution in [0.5, 0.6) is 5.75 Å². The lowest BCUT2D eigenvalue weighted by Gasteiger charge is -2.09. The highest BCUT2D eigenvalue weighted by Crippen LogP contribution is 2.18. The Morgan fingerprint density at radius 1 is 0.815 bits per heavy atom. The number of nitrogens with one attached hydrogen (secondary N) is 2. The smallest absolute Gasteiger partial charge is 0.255 e. The summed E-state index contributed by atoms with van der Waals surface area (Å²) in [6, 6.07) is 19.0. The number of methoxy groups -OCH3 is 1. The molecular formula is C21H17FN2O3. The van der Waals surface area contributed by atoms with E-state index in [2.05, 4.69) is 10.6 Å². The highest BCUT2D eigenvalue weighted by Gasteiger charge is 2.12. The molecule has 2 amide bonds. The van der Waals surface area contributed by atoms with E-state index in [0.717, 1.165) is 0 Å². The van der Waals surface area contributed by atoms with Gasteiger partial charge in [-0.05, 0) is 42.5 Å². The van der Waals surface area contributed by atoms with Crippen LogP contribution in [-0.2, 0) is 0 Å². The first kappa shape index (κ1) is 18.1. The van der Waals surface area contributed by atoms with Gasteiger partial charge in [0.1, 0.15) is 11.6 Å². The molecule has 0 saturated heterocycles.